The van der Waals surface area contributed by atoms with Crippen molar-refractivity contribution < 1.29 is 14.3 Å². The maximum absolute atomic E-state index is 12.4. The summed E-state index contributed by atoms with van der Waals surface area (Å²) in [6.07, 6.45) is 0.247. The molecule has 0 fully saturated rings. The van der Waals surface area contributed by atoms with Gasteiger partial charge in [0.15, 0.2) is 0 Å². The quantitative estimate of drug-likeness (QED) is 0.417. The first kappa shape index (κ1) is 22.1. The summed E-state index contributed by atoms with van der Waals surface area (Å²) in [5, 5.41) is 7.52. The molecule has 0 bridgehead atoms. The molecule has 0 aromatic heterocycles. The van der Waals surface area contributed by atoms with E-state index >= 15 is 0 Å². The summed E-state index contributed by atoms with van der Waals surface area (Å²) < 4.78 is 5.13. The average molecular weight is 436 g/mol. The van der Waals surface area contributed by atoms with Crippen molar-refractivity contribution in [1.82, 2.24) is 5.43 Å². The number of carbonyl (C=O) groups excluding carboxylic acids is 2. The van der Waals surface area contributed by atoms with E-state index in [9.17, 15) is 9.59 Å². The summed E-state index contributed by atoms with van der Waals surface area (Å²) in [4.78, 5) is 24.6. The summed E-state index contributed by atoms with van der Waals surface area (Å²) in [5.41, 5.74) is 5.84. The molecule has 0 aliphatic heterocycles. The van der Waals surface area contributed by atoms with Crippen molar-refractivity contribution >= 4 is 34.8 Å². The van der Waals surface area contributed by atoms with E-state index < -0.39 is 0 Å². The second kappa shape index (κ2) is 10.4. The summed E-state index contributed by atoms with van der Waals surface area (Å²) in [6.45, 7) is 1.77. The minimum absolute atomic E-state index is 0.133. The fourth-order valence-corrected chi connectivity index (χ4v) is 3.04. The Labute approximate surface area is 185 Å². The van der Waals surface area contributed by atoms with Gasteiger partial charge < -0.3 is 10.1 Å². The Kier molecular flexibility index (Phi) is 7.40. The Hall–Kier alpha value is -3.64. The molecule has 0 aliphatic rings. The molecule has 2 amide bonds. The molecule has 3 rings (SSSR count). The second-order valence-electron chi connectivity index (χ2n) is 6.80. The molecule has 2 N–H and O–H groups in total. The highest BCUT2D eigenvalue weighted by Crippen LogP contribution is 2.15. The first-order chi connectivity index (χ1) is 14.9. The van der Waals surface area contributed by atoms with Crippen LogP contribution in [0, 0.1) is 0 Å². The van der Waals surface area contributed by atoms with Crippen LogP contribution in [-0.2, 0) is 11.2 Å². The third-order valence-corrected chi connectivity index (χ3v) is 4.73. The molecule has 3 aromatic rings. The fraction of sp³-hybridized carbons (Fsp3) is 0.125. The molecule has 0 atom stereocenters. The number of benzene rings is 3. The number of hydrogen-bond donors (Lipinski definition) is 2. The van der Waals surface area contributed by atoms with Gasteiger partial charge in [0.25, 0.3) is 5.91 Å². The van der Waals surface area contributed by atoms with Crippen LogP contribution in [0.5, 0.6) is 5.75 Å². The van der Waals surface area contributed by atoms with E-state index in [1.54, 1.807) is 50.4 Å². The Morgan fingerprint density at radius 1 is 0.968 bits per heavy atom. The maximum atomic E-state index is 12.4. The van der Waals surface area contributed by atoms with Gasteiger partial charge in [0.2, 0.25) is 5.91 Å². The van der Waals surface area contributed by atoms with Crippen LogP contribution in [0.4, 0.5) is 5.69 Å². The molecule has 31 heavy (non-hydrogen) atoms. The smallest absolute Gasteiger partial charge is 0.271 e. The van der Waals surface area contributed by atoms with Gasteiger partial charge in [-0.25, -0.2) is 5.43 Å². The number of rotatable bonds is 7. The maximum Gasteiger partial charge on any atom is 0.271 e. The first-order valence-corrected chi connectivity index (χ1v) is 9.96. The molecule has 0 spiro atoms. The lowest BCUT2D eigenvalue weighted by Crippen LogP contribution is -2.19. The number of carbonyl (C=O) groups is 2. The third kappa shape index (κ3) is 6.42. The number of methoxy groups -OCH3 is 1. The van der Waals surface area contributed by atoms with Gasteiger partial charge in [-0.2, -0.15) is 5.10 Å². The van der Waals surface area contributed by atoms with Gasteiger partial charge in [0, 0.05) is 16.3 Å². The SMILES string of the molecule is COc1ccc(CC(=O)Nc2cccc(/C(C)=N/NC(=O)c3cccc(Cl)c3)c2)cc1. The van der Waals surface area contributed by atoms with Crippen molar-refractivity contribution in [1.29, 1.82) is 0 Å². The van der Waals surface area contributed by atoms with E-state index in [4.69, 9.17) is 16.3 Å². The van der Waals surface area contributed by atoms with Crippen LogP contribution in [0.2, 0.25) is 5.02 Å². The standard InChI is InChI=1S/C24H22ClN3O3/c1-16(27-28-24(30)19-6-3-7-20(25)14-19)18-5-4-8-21(15-18)26-23(29)13-17-9-11-22(31-2)12-10-17/h3-12,14-15H,13H2,1-2H3,(H,26,29)(H,28,30)/b27-16+. The summed E-state index contributed by atoms with van der Waals surface area (Å²) in [5.74, 6) is 0.256. The molecule has 0 radical (unpaired) electrons. The Morgan fingerprint density at radius 2 is 1.68 bits per heavy atom. The molecular weight excluding hydrogens is 414 g/mol. The number of anilines is 1. The van der Waals surface area contributed by atoms with Crippen molar-refractivity contribution in [3.05, 3.63) is 94.5 Å². The number of hydrazone groups is 1. The lowest BCUT2D eigenvalue weighted by atomic mass is 10.1. The number of halogens is 1. The van der Waals surface area contributed by atoms with Crippen LogP contribution >= 0.6 is 11.6 Å². The number of amides is 2. The molecule has 158 valence electrons. The lowest BCUT2D eigenvalue weighted by Gasteiger charge is -2.08. The number of ether oxygens (including phenoxy) is 1. The topological polar surface area (TPSA) is 79.8 Å². The fourth-order valence-electron chi connectivity index (χ4n) is 2.85. The summed E-state index contributed by atoms with van der Waals surface area (Å²) in [7, 11) is 1.60. The molecule has 0 saturated heterocycles. The summed E-state index contributed by atoms with van der Waals surface area (Å²) >= 11 is 5.92. The van der Waals surface area contributed by atoms with Crippen LogP contribution in [0.3, 0.4) is 0 Å². The van der Waals surface area contributed by atoms with Gasteiger partial charge in [0.05, 0.1) is 19.2 Å². The lowest BCUT2D eigenvalue weighted by molar-refractivity contribution is -0.115. The predicted molar refractivity (Wildman–Crippen MR) is 123 cm³/mol. The molecule has 0 saturated carbocycles. The Balaban J connectivity index is 1.62. The van der Waals surface area contributed by atoms with E-state index in [1.807, 2.05) is 36.4 Å². The van der Waals surface area contributed by atoms with E-state index in [-0.39, 0.29) is 18.2 Å². The van der Waals surface area contributed by atoms with Crippen molar-refractivity contribution in [2.24, 2.45) is 5.10 Å². The van der Waals surface area contributed by atoms with E-state index in [0.29, 0.717) is 22.0 Å². The van der Waals surface area contributed by atoms with Crippen LogP contribution in [-0.4, -0.2) is 24.6 Å². The van der Waals surface area contributed by atoms with Crippen LogP contribution in [0.25, 0.3) is 0 Å². The van der Waals surface area contributed by atoms with Gasteiger partial charge >= 0.3 is 0 Å². The highest BCUT2D eigenvalue weighted by atomic mass is 35.5. The van der Waals surface area contributed by atoms with Crippen LogP contribution in [0.15, 0.2) is 77.9 Å². The molecule has 0 heterocycles. The van der Waals surface area contributed by atoms with Crippen molar-refractivity contribution in [3.8, 4) is 5.75 Å². The molecular formula is C24H22ClN3O3. The van der Waals surface area contributed by atoms with Gasteiger partial charge in [-0.3, -0.25) is 9.59 Å². The predicted octanol–water partition coefficient (Wildman–Crippen LogP) is 4.68. The molecule has 6 nitrogen and oxygen atoms in total. The second-order valence-corrected chi connectivity index (χ2v) is 7.24. The summed E-state index contributed by atoms with van der Waals surface area (Å²) in [6, 6.07) is 21.2. The van der Waals surface area contributed by atoms with Crippen molar-refractivity contribution in [2.75, 3.05) is 12.4 Å². The highest BCUT2D eigenvalue weighted by molar-refractivity contribution is 6.31. The minimum atomic E-state index is -0.356. The van der Waals surface area contributed by atoms with Gasteiger partial charge in [-0.1, -0.05) is 41.9 Å². The van der Waals surface area contributed by atoms with Crippen molar-refractivity contribution in [2.45, 2.75) is 13.3 Å². The average Bonchev–Trinajstić information content (AvgIpc) is 2.77. The van der Waals surface area contributed by atoms with Gasteiger partial charge in [0.1, 0.15) is 5.75 Å². The van der Waals surface area contributed by atoms with Crippen molar-refractivity contribution in [3.63, 3.8) is 0 Å². The normalized spacial score (nSPS) is 11.0. The van der Waals surface area contributed by atoms with Crippen LogP contribution < -0.4 is 15.5 Å². The number of hydrogen-bond acceptors (Lipinski definition) is 4. The first-order valence-electron chi connectivity index (χ1n) is 9.58. The highest BCUT2D eigenvalue weighted by Gasteiger charge is 2.08. The van der Waals surface area contributed by atoms with E-state index in [2.05, 4.69) is 15.8 Å². The van der Waals surface area contributed by atoms with Crippen LogP contribution in [0.1, 0.15) is 28.4 Å². The molecule has 0 unspecified atom stereocenters. The zero-order valence-electron chi connectivity index (χ0n) is 17.2. The van der Waals surface area contributed by atoms with E-state index in [0.717, 1.165) is 16.9 Å². The third-order valence-electron chi connectivity index (χ3n) is 4.50. The molecule has 7 heteroatoms. The zero-order chi connectivity index (χ0) is 22.2. The number of nitrogens with zero attached hydrogens (tertiary/aromatic N) is 1. The van der Waals surface area contributed by atoms with Gasteiger partial charge in [-0.15, -0.1) is 0 Å². The van der Waals surface area contributed by atoms with Gasteiger partial charge in [-0.05, 0) is 60.5 Å². The largest absolute Gasteiger partial charge is 0.497 e. The molecule has 0 aliphatic carbocycles. The zero-order valence-corrected chi connectivity index (χ0v) is 17.9. The van der Waals surface area contributed by atoms with E-state index in [1.165, 1.54) is 0 Å². The minimum Gasteiger partial charge on any atom is -0.497 e. The molecule has 3 aromatic carbocycles. The Morgan fingerprint density at radius 3 is 2.39 bits per heavy atom. The number of nitrogens with one attached hydrogen (secondary N) is 2. The monoisotopic (exact) mass is 435 g/mol. The Bertz CT molecular complexity index is 1110.